The number of nitrogens with zero attached hydrogens (tertiary/aromatic N) is 3. The van der Waals surface area contributed by atoms with Crippen molar-refractivity contribution in [1.29, 1.82) is 0 Å². The summed E-state index contributed by atoms with van der Waals surface area (Å²) in [4.78, 5) is 4.83. The predicted octanol–water partition coefficient (Wildman–Crippen LogP) is 37.2. The Morgan fingerprint density at radius 2 is 0.531 bits per heavy atom. The quantitative estimate of drug-likeness (QED) is 0.103. The molecule has 0 fully saturated rings. The highest BCUT2D eigenvalue weighted by molar-refractivity contribution is 6.18. The Balaban J connectivity index is 0.000000141. The van der Waals surface area contributed by atoms with Crippen molar-refractivity contribution in [2.24, 2.45) is 0 Å². The number of fused-ring (bicyclic) bond motifs is 21. The molecule has 0 aliphatic heterocycles. The molecule has 0 atom stereocenters. The maximum absolute atomic E-state index is 7.13. The Bertz CT molecular complexity index is 9280. The Morgan fingerprint density at radius 1 is 0.193 bits per heavy atom. The van der Waals surface area contributed by atoms with Crippen molar-refractivity contribution in [2.75, 3.05) is 9.80 Å². The van der Waals surface area contributed by atoms with Crippen molar-refractivity contribution in [1.82, 2.24) is 4.57 Å². The summed E-state index contributed by atoms with van der Waals surface area (Å²) in [7, 11) is 0. The molecular weight excluding hydrogens is 1760 g/mol. The van der Waals surface area contributed by atoms with Gasteiger partial charge in [0.2, 0.25) is 0 Å². The van der Waals surface area contributed by atoms with E-state index in [-0.39, 0.29) is 10.8 Å². The molecule has 0 radical (unpaired) electrons. The van der Waals surface area contributed by atoms with Gasteiger partial charge < -0.3 is 23.2 Å². The Hall–Kier alpha value is -18.2. The number of furan rings is 2. The van der Waals surface area contributed by atoms with E-state index in [1.54, 1.807) is 0 Å². The van der Waals surface area contributed by atoms with Crippen molar-refractivity contribution in [3.8, 4) is 94.7 Å². The van der Waals surface area contributed by atoms with Crippen LogP contribution in [0.15, 0.2) is 524 Å². The monoisotopic (exact) mass is 1850 g/mol. The van der Waals surface area contributed by atoms with Gasteiger partial charge in [0.05, 0.1) is 32.9 Å². The second-order valence-electron chi connectivity index (χ2n) is 40.3. The largest absolute Gasteiger partial charge is 0.455 e. The zero-order valence-corrected chi connectivity index (χ0v) is 80.7. The van der Waals surface area contributed by atoms with Crippen LogP contribution in [0.5, 0.6) is 0 Å². The summed E-state index contributed by atoms with van der Waals surface area (Å²) in [5, 5.41) is 6.81. The summed E-state index contributed by atoms with van der Waals surface area (Å²) in [6.07, 6.45) is 0. The van der Waals surface area contributed by atoms with Crippen LogP contribution in [0.4, 0.5) is 34.1 Å². The highest BCUT2D eigenvalue weighted by Gasteiger charge is 2.49. The number of rotatable bonds is 15. The van der Waals surface area contributed by atoms with E-state index >= 15 is 0 Å². The van der Waals surface area contributed by atoms with Gasteiger partial charge in [-0.05, 0) is 242 Å². The molecule has 0 spiro atoms. The summed E-state index contributed by atoms with van der Waals surface area (Å²) in [5.41, 5.74) is 47.1. The maximum atomic E-state index is 7.13. The van der Waals surface area contributed by atoms with E-state index in [0.29, 0.717) is 0 Å². The molecule has 0 N–H and O–H groups in total. The van der Waals surface area contributed by atoms with Crippen LogP contribution in [0.1, 0.15) is 94.5 Å². The third-order valence-corrected chi connectivity index (χ3v) is 32.1. The molecule has 0 amide bonds. The van der Waals surface area contributed by atoms with Crippen LogP contribution in [0.2, 0.25) is 0 Å². The number of aromatic nitrogens is 1. The van der Waals surface area contributed by atoms with E-state index in [2.05, 4.69) is 558 Å². The highest BCUT2D eigenvalue weighted by atomic mass is 16.3. The topological polar surface area (TPSA) is 37.7 Å². The first-order chi connectivity index (χ1) is 71.4. The molecule has 3 heterocycles. The third kappa shape index (κ3) is 13.0. The van der Waals surface area contributed by atoms with Gasteiger partial charge in [0.25, 0.3) is 0 Å². The Kier molecular flexibility index (Phi) is 19.5. The number of hydrogen-bond donors (Lipinski definition) is 0. The average Bonchev–Trinajstić information content (AvgIpc) is 1.54. The number of benzene rings is 22. The first kappa shape index (κ1) is 84.9. The van der Waals surface area contributed by atoms with Crippen molar-refractivity contribution in [3.63, 3.8) is 0 Å². The standard InChI is InChI=1S/C73H53NO.C67H44N2O/c1-71(2)61-25-13-8-20-54(61)58-40-38-51(44-65(58)71)74(52-39-41-59-55-21-9-14-26-62(55)72(3,4)66(59)45-52)67-43-42-53(70-69(67)60-24-12-17-29-68(60)75-70)48-32-36-50(37-33-48)73(49-34-30-47(31-35-49)46-18-6-5-7-19-46)63-27-15-10-22-56(63)57-23-11-16-28-64(57)73;1-4-17-45(18-5-1)46-31-35-48(36-32-46)67(61-28-13-10-23-55(61)56-24-11-14-29-62(56)67)49-37-33-47(34-38-49)54-26-16-27-60-59-42-40-53(44-65(59)70-66(54)60)68(50-19-6-2-7-20-50)52-39-41-58-57-25-12-15-30-63(57)69(64(58)43-52)51-21-8-3-9-22-51/h5-45H,1-4H3;1-44H. The minimum absolute atomic E-state index is 0.171. The van der Waals surface area contributed by atoms with Gasteiger partial charge in [-0.2, -0.15) is 0 Å². The Labute approximate surface area is 843 Å². The summed E-state index contributed by atoms with van der Waals surface area (Å²) in [6.45, 7) is 9.49. The molecule has 684 valence electrons. The summed E-state index contributed by atoms with van der Waals surface area (Å²) >= 11 is 0. The fourth-order valence-corrected chi connectivity index (χ4v) is 25.4. The second kappa shape index (κ2) is 33.3. The van der Waals surface area contributed by atoms with Crippen LogP contribution < -0.4 is 9.80 Å². The second-order valence-corrected chi connectivity index (χ2v) is 40.3. The lowest BCUT2D eigenvalue weighted by Gasteiger charge is -2.34. The lowest BCUT2D eigenvalue weighted by molar-refractivity contribution is 0.660. The first-order valence-electron chi connectivity index (χ1n) is 50.5. The summed E-state index contributed by atoms with van der Waals surface area (Å²) in [5.74, 6) is 0. The van der Waals surface area contributed by atoms with E-state index in [1.165, 1.54) is 150 Å². The minimum atomic E-state index is -0.530. The average molecular weight is 1850 g/mol. The summed E-state index contributed by atoms with van der Waals surface area (Å²) in [6, 6.07) is 190. The van der Waals surface area contributed by atoms with Crippen LogP contribution in [-0.4, -0.2) is 4.57 Å². The molecule has 145 heavy (non-hydrogen) atoms. The molecule has 0 saturated heterocycles. The van der Waals surface area contributed by atoms with Gasteiger partial charge in [0.15, 0.2) is 0 Å². The normalized spacial score (nSPS) is 13.7. The minimum Gasteiger partial charge on any atom is -0.455 e. The van der Waals surface area contributed by atoms with Crippen LogP contribution in [0, 0.1) is 0 Å². The van der Waals surface area contributed by atoms with Crippen LogP contribution in [0.25, 0.3) is 160 Å². The number of hydrogen-bond acceptors (Lipinski definition) is 4. The van der Waals surface area contributed by atoms with Crippen molar-refractivity contribution in [2.45, 2.75) is 49.4 Å². The predicted molar refractivity (Wildman–Crippen MR) is 603 cm³/mol. The molecule has 22 aromatic carbocycles. The van der Waals surface area contributed by atoms with E-state index < -0.39 is 10.8 Å². The smallest absolute Gasteiger partial charge is 0.145 e. The number of anilines is 6. The molecule has 29 rings (SSSR count). The molecule has 25 aromatic rings. The van der Waals surface area contributed by atoms with Gasteiger partial charge in [-0.1, -0.05) is 440 Å². The van der Waals surface area contributed by atoms with Gasteiger partial charge in [-0.25, -0.2) is 0 Å². The molecular formula is C140H97N3O2. The maximum Gasteiger partial charge on any atom is 0.145 e. The molecule has 4 aliphatic carbocycles. The Morgan fingerprint density at radius 3 is 1.03 bits per heavy atom. The van der Waals surface area contributed by atoms with E-state index in [9.17, 15) is 0 Å². The van der Waals surface area contributed by atoms with Gasteiger partial charge >= 0.3 is 0 Å². The molecule has 0 saturated carbocycles. The van der Waals surface area contributed by atoms with Crippen molar-refractivity contribution < 1.29 is 8.83 Å². The van der Waals surface area contributed by atoms with Crippen LogP contribution in [0.3, 0.4) is 0 Å². The van der Waals surface area contributed by atoms with Gasteiger partial charge in [0.1, 0.15) is 22.3 Å². The fourth-order valence-electron chi connectivity index (χ4n) is 25.4. The van der Waals surface area contributed by atoms with Gasteiger partial charge in [-0.15, -0.1) is 0 Å². The zero-order valence-electron chi connectivity index (χ0n) is 80.7. The molecule has 5 heteroatoms. The van der Waals surface area contributed by atoms with Crippen molar-refractivity contribution >= 4 is 99.8 Å². The van der Waals surface area contributed by atoms with Crippen molar-refractivity contribution in [3.05, 3.63) is 582 Å². The lowest BCUT2D eigenvalue weighted by Crippen LogP contribution is -2.28. The highest BCUT2D eigenvalue weighted by Crippen LogP contribution is 2.61. The van der Waals surface area contributed by atoms with Crippen LogP contribution >= 0.6 is 0 Å². The molecule has 3 aromatic heterocycles. The summed E-state index contributed by atoms with van der Waals surface area (Å²) < 4.78 is 16.5. The third-order valence-electron chi connectivity index (χ3n) is 32.1. The molecule has 0 unspecified atom stereocenters. The van der Waals surface area contributed by atoms with Gasteiger partial charge in [0, 0.05) is 89.1 Å². The SMILES string of the molecule is CC1(C)c2ccccc2-c2ccc(N(c3ccc4c(c3)C(C)(C)c3ccccc3-4)c3ccc(-c4ccc(C5(c6ccc(-c7ccccc7)cc6)c6ccccc6-c6ccccc65)cc4)c4oc5ccccc5c34)cc21.c1ccc(-c2ccc(C3(c4ccc(-c5cccc6c5oc5cc(N(c7ccccc7)c7ccc8c9ccccc9n(-c9ccccc9)c8c7)ccc56)cc4)c4ccccc4-c4ccccc43)cc2)cc1. The lowest BCUT2D eigenvalue weighted by atomic mass is 9.67. The van der Waals surface area contributed by atoms with Crippen LogP contribution in [-0.2, 0) is 21.7 Å². The fraction of sp³-hybridized carbons (Fsp3) is 0.0571. The molecule has 0 bridgehead atoms. The molecule has 5 nitrogen and oxygen atoms in total. The van der Waals surface area contributed by atoms with E-state index in [1.807, 2.05) is 0 Å². The van der Waals surface area contributed by atoms with E-state index in [4.69, 9.17) is 8.83 Å². The van der Waals surface area contributed by atoms with E-state index in [0.717, 1.165) is 111 Å². The zero-order chi connectivity index (χ0) is 96.4. The van der Waals surface area contributed by atoms with Gasteiger partial charge in [-0.3, -0.25) is 0 Å². The first-order valence-corrected chi connectivity index (χ1v) is 50.5. The molecule has 4 aliphatic rings. The number of para-hydroxylation sites is 5.